The van der Waals surface area contributed by atoms with Gasteiger partial charge in [-0.05, 0) is 38.0 Å². The summed E-state index contributed by atoms with van der Waals surface area (Å²) in [7, 11) is -1.64. The van der Waals surface area contributed by atoms with Crippen LogP contribution in [0.5, 0.6) is 0 Å². The number of piperidine rings is 1. The molecule has 0 spiro atoms. The van der Waals surface area contributed by atoms with Crippen molar-refractivity contribution in [3.8, 4) is 0 Å². The summed E-state index contributed by atoms with van der Waals surface area (Å²) in [5.74, 6) is 1.14. The van der Waals surface area contributed by atoms with Gasteiger partial charge in [0.2, 0.25) is 0 Å². The summed E-state index contributed by atoms with van der Waals surface area (Å²) in [5, 5.41) is 0. The number of nitrogens with zero attached hydrogens (tertiary/aromatic N) is 2. The molecule has 2 N–H and O–H groups in total. The van der Waals surface area contributed by atoms with Crippen LogP contribution in [0.2, 0.25) is 0 Å². The second-order valence-electron chi connectivity index (χ2n) is 5.14. The quantitative estimate of drug-likeness (QED) is 0.761. The maximum absolute atomic E-state index is 12.6. The van der Waals surface area contributed by atoms with E-state index in [4.69, 9.17) is 5.73 Å². The normalized spacial score (nSPS) is 23.7. The number of hydrogen-bond donors (Lipinski definition) is 1. The van der Waals surface area contributed by atoms with Gasteiger partial charge in [0, 0.05) is 31.9 Å². The molecule has 19 heavy (non-hydrogen) atoms. The Hall–Kier alpha value is 0.180. The van der Waals surface area contributed by atoms with E-state index < -0.39 is 10.2 Å². The lowest BCUT2D eigenvalue weighted by Gasteiger charge is -2.36. The Balaban J connectivity index is 2.78. The summed E-state index contributed by atoms with van der Waals surface area (Å²) >= 11 is 1.69. The summed E-state index contributed by atoms with van der Waals surface area (Å²) in [4.78, 5) is 0. The fraction of sp³-hybridized carbons (Fsp3) is 1.00. The van der Waals surface area contributed by atoms with Gasteiger partial charge in [0.1, 0.15) is 0 Å². The van der Waals surface area contributed by atoms with E-state index in [0.29, 0.717) is 25.6 Å². The Kier molecular flexibility index (Phi) is 7.10. The van der Waals surface area contributed by atoms with Crippen molar-refractivity contribution in [2.24, 2.45) is 11.7 Å². The molecule has 0 bridgehead atoms. The summed E-state index contributed by atoms with van der Waals surface area (Å²) in [6.07, 6.45) is 4.79. The summed E-state index contributed by atoms with van der Waals surface area (Å²) in [6.45, 7) is 3.79. The monoisotopic (exact) mass is 309 g/mol. The molecule has 5 nitrogen and oxygen atoms in total. The molecular formula is C12H27N3O2S2. The molecule has 114 valence electrons. The molecule has 1 fully saturated rings. The average molecular weight is 310 g/mol. The van der Waals surface area contributed by atoms with Crippen molar-refractivity contribution in [3.63, 3.8) is 0 Å². The molecule has 0 saturated carbocycles. The third-order valence-corrected chi connectivity index (χ3v) is 6.58. The van der Waals surface area contributed by atoms with Crippen LogP contribution in [0.4, 0.5) is 0 Å². The molecule has 1 rings (SSSR count). The highest BCUT2D eigenvalue weighted by atomic mass is 32.2. The fourth-order valence-electron chi connectivity index (χ4n) is 2.47. The van der Waals surface area contributed by atoms with Crippen LogP contribution in [0.1, 0.15) is 26.2 Å². The van der Waals surface area contributed by atoms with Crippen LogP contribution < -0.4 is 5.73 Å². The van der Waals surface area contributed by atoms with E-state index >= 15 is 0 Å². The molecule has 0 radical (unpaired) electrons. The first-order chi connectivity index (χ1) is 8.97. The Morgan fingerprint density at radius 3 is 2.74 bits per heavy atom. The van der Waals surface area contributed by atoms with Crippen LogP contribution in [0, 0.1) is 5.92 Å². The van der Waals surface area contributed by atoms with Crippen molar-refractivity contribution in [1.29, 1.82) is 0 Å². The SMILES string of the molecule is CCC(CSC)N(C)S(=O)(=O)N1CCCC(CN)C1. The molecule has 2 atom stereocenters. The number of hydrogen-bond acceptors (Lipinski definition) is 4. The highest BCUT2D eigenvalue weighted by Gasteiger charge is 2.34. The van der Waals surface area contributed by atoms with Crippen LogP contribution in [0.25, 0.3) is 0 Å². The summed E-state index contributed by atoms with van der Waals surface area (Å²) in [6, 6.07) is 0.0678. The van der Waals surface area contributed by atoms with Gasteiger partial charge in [-0.1, -0.05) is 6.92 Å². The van der Waals surface area contributed by atoms with Gasteiger partial charge >= 0.3 is 0 Å². The first-order valence-corrected chi connectivity index (χ1v) is 9.68. The summed E-state index contributed by atoms with van der Waals surface area (Å²) in [5.41, 5.74) is 5.68. The molecule has 1 aliphatic heterocycles. The largest absolute Gasteiger partial charge is 0.330 e. The van der Waals surface area contributed by atoms with Crippen LogP contribution >= 0.6 is 11.8 Å². The number of rotatable bonds is 7. The van der Waals surface area contributed by atoms with E-state index in [0.717, 1.165) is 25.0 Å². The third kappa shape index (κ3) is 4.32. The molecule has 0 aromatic carbocycles. The second-order valence-corrected chi connectivity index (χ2v) is 8.04. The van der Waals surface area contributed by atoms with Gasteiger partial charge in [-0.15, -0.1) is 0 Å². The van der Waals surface area contributed by atoms with E-state index in [1.165, 1.54) is 0 Å². The maximum atomic E-state index is 12.6. The molecule has 0 aliphatic carbocycles. The first-order valence-electron chi connectivity index (χ1n) is 6.89. The van der Waals surface area contributed by atoms with E-state index in [1.807, 2.05) is 13.2 Å². The van der Waals surface area contributed by atoms with Gasteiger partial charge in [0.25, 0.3) is 10.2 Å². The van der Waals surface area contributed by atoms with Crippen molar-refractivity contribution < 1.29 is 8.42 Å². The molecule has 1 saturated heterocycles. The first kappa shape index (κ1) is 17.2. The molecule has 1 aliphatic rings. The smallest absolute Gasteiger partial charge is 0.282 e. The van der Waals surface area contributed by atoms with E-state index in [1.54, 1.807) is 27.4 Å². The van der Waals surface area contributed by atoms with Gasteiger partial charge in [0.15, 0.2) is 0 Å². The van der Waals surface area contributed by atoms with Crippen molar-refractivity contribution in [2.45, 2.75) is 32.2 Å². The average Bonchev–Trinajstić information content (AvgIpc) is 2.44. The molecule has 0 aromatic rings. The van der Waals surface area contributed by atoms with Gasteiger partial charge in [-0.25, -0.2) is 0 Å². The van der Waals surface area contributed by atoms with E-state index in [9.17, 15) is 8.42 Å². The Morgan fingerprint density at radius 2 is 2.21 bits per heavy atom. The van der Waals surface area contributed by atoms with Crippen molar-refractivity contribution in [1.82, 2.24) is 8.61 Å². The molecule has 0 amide bonds. The van der Waals surface area contributed by atoms with Gasteiger partial charge in [-0.2, -0.15) is 28.8 Å². The topological polar surface area (TPSA) is 66.6 Å². The van der Waals surface area contributed by atoms with Crippen molar-refractivity contribution in [3.05, 3.63) is 0 Å². The number of nitrogens with two attached hydrogens (primary N) is 1. The van der Waals surface area contributed by atoms with E-state index in [-0.39, 0.29) is 6.04 Å². The minimum absolute atomic E-state index is 0.0678. The Labute approximate surface area is 122 Å². The highest BCUT2D eigenvalue weighted by molar-refractivity contribution is 7.98. The predicted octanol–water partition coefficient (Wildman–Crippen LogP) is 0.975. The molecule has 0 aromatic heterocycles. The second kappa shape index (κ2) is 7.83. The lowest BCUT2D eigenvalue weighted by molar-refractivity contribution is 0.247. The standard InChI is InChI=1S/C12H27N3O2S2/c1-4-12(10-18-3)14(2)19(16,17)15-7-5-6-11(8-13)9-15/h11-12H,4-10,13H2,1-3H3. The lowest BCUT2D eigenvalue weighted by Crippen LogP contribution is -2.51. The minimum atomic E-state index is -3.34. The zero-order valence-electron chi connectivity index (χ0n) is 12.2. The third-order valence-electron chi connectivity index (χ3n) is 3.85. The van der Waals surface area contributed by atoms with Crippen LogP contribution in [-0.4, -0.2) is 61.8 Å². The van der Waals surface area contributed by atoms with E-state index in [2.05, 4.69) is 0 Å². The maximum Gasteiger partial charge on any atom is 0.282 e. The summed E-state index contributed by atoms with van der Waals surface area (Å²) < 4.78 is 28.4. The van der Waals surface area contributed by atoms with Crippen LogP contribution in [0.3, 0.4) is 0 Å². The minimum Gasteiger partial charge on any atom is -0.330 e. The highest BCUT2D eigenvalue weighted by Crippen LogP contribution is 2.22. The lowest BCUT2D eigenvalue weighted by atomic mass is 10.0. The van der Waals surface area contributed by atoms with Gasteiger partial charge in [-0.3, -0.25) is 0 Å². The zero-order chi connectivity index (χ0) is 14.5. The molecule has 7 heteroatoms. The van der Waals surface area contributed by atoms with Crippen LogP contribution in [0.15, 0.2) is 0 Å². The zero-order valence-corrected chi connectivity index (χ0v) is 13.8. The predicted molar refractivity (Wildman–Crippen MR) is 82.5 cm³/mol. The molecule has 2 unspecified atom stereocenters. The van der Waals surface area contributed by atoms with Crippen molar-refractivity contribution >= 4 is 22.0 Å². The van der Waals surface area contributed by atoms with Crippen LogP contribution in [-0.2, 0) is 10.2 Å². The molecular weight excluding hydrogens is 282 g/mol. The van der Waals surface area contributed by atoms with Gasteiger partial charge < -0.3 is 5.73 Å². The number of thioether (sulfide) groups is 1. The molecule has 1 heterocycles. The Morgan fingerprint density at radius 1 is 1.53 bits per heavy atom. The Bertz CT molecular complexity index is 354. The van der Waals surface area contributed by atoms with Crippen molar-refractivity contribution in [2.75, 3.05) is 38.7 Å². The van der Waals surface area contributed by atoms with Gasteiger partial charge in [0.05, 0.1) is 0 Å². The fourth-order valence-corrected chi connectivity index (χ4v) is 5.13.